The van der Waals surface area contributed by atoms with E-state index < -0.39 is 11.9 Å². The van der Waals surface area contributed by atoms with Crippen LogP contribution >= 0.6 is 23.2 Å². The van der Waals surface area contributed by atoms with Crippen molar-refractivity contribution in [3.63, 3.8) is 0 Å². The van der Waals surface area contributed by atoms with Gasteiger partial charge in [-0.15, -0.1) is 0 Å². The summed E-state index contributed by atoms with van der Waals surface area (Å²) in [7, 11) is 0. The molecule has 0 fully saturated rings. The normalized spacial score (nSPS) is 15.2. The molecular formula is C15H22Cl2FNO. The average molecular weight is 322 g/mol. The van der Waals surface area contributed by atoms with Gasteiger partial charge in [0.2, 0.25) is 0 Å². The van der Waals surface area contributed by atoms with Gasteiger partial charge in [0.25, 0.3) is 0 Å². The Labute approximate surface area is 130 Å². The monoisotopic (exact) mass is 321 g/mol. The van der Waals surface area contributed by atoms with Gasteiger partial charge in [-0.25, -0.2) is 4.39 Å². The summed E-state index contributed by atoms with van der Waals surface area (Å²) in [5.74, 6) is -0.491. The molecule has 2 unspecified atom stereocenters. The van der Waals surface area contributed by atoms with Gasteiger partial charge in [-0.1, -0.05) is 44.0 Å². The Bertz CT molecular complexity index is 460. The summed E-state index contributed by atoms with van der Waals surface area (Å²) in [6, 6.07) is 2.50. The van der Waals surface area contributed by atoms with Crippen LogP contribution in [0, 0.1) is 11.2 Å². The van der Waals surface area contributed by atoms with E-state index in [1.807, 2.05) is 6.92 Å². The smallest absolute Gasteiger partial charge is 0.142 e. The SMILES string of the molecule is CC(NCC(O)CC(C)(C)C)c1c(Cl)ccc(F)c1Cl. The van der Waals surface area contributed by atoms with E-state index in [1.54, 1.807) is 0 Å². The van der Waals surface area contributed by atoms with Crippen LogP contribution in [0.15, 0.2) is 12.1 Å². The van der Waals surface area contributed by atoms with Crippen LogP contribution in [0.5, 0.6) is 0 Å². The van der Waals surface area contributed by atoms with Crippen LogP contribution in [0.1, 0.15) is 45.7 Å². The molecule has 0 saturated heterocycles. The van der Waals surface area contributed by atoms with Crippen LogP contribution < -0.4 is 5.32 Å². The van der Waals surface area contributed by atoms with Crippen molar-refractivity contribution in [3.8, 4) is 0 Å². The van der Waals surface area contributed by atoms with Crippen molar-refractivity contribution in [1.82, 2.24) is 5.32 Å². The molecule has 20 heavy (non-hydrogen) atoms. The number of hydrogen-bond donors (Lipinski definition) is 2. The van der Waals surface area contributed by atoms with Crippen molar-refractivity contribution in [1.29, 1.82) is 0 Å². The average Bonchev–Trinajstić information content (AvgIpc) is 2.30. The quantitative estimate of drug-likeness (QED) is 0.778. The van der Waals surface area contributed by atoms with Crippen LogP contribution in [-0.2, 0) is 0 Å². The molecule has 0 aromatic heterocycles. The molecule has 114 valence electrons. The van der Waals surface area contributed by atoms with E-state index in [0.29, 0.717) is 23.6 Å². The van der Waals surface area contributed by atoms with Gasteiger partial charge in [-0.3, -0.25) is 0 Å². The second-order valence-electron chi connectivity index (χ2n) is 6.31. The standard InChI is InChI=1S/C15H22Cl2FNO/c1-9(19-8-10(20)7-15(2,3)4)13-11(16)5-6-12(18)14(13)17/h5-6,9-10,19-20H,7-8H2,1-4H3. The lowest BCUT2D eigenvalue weighted by Crippen LogP contribution is -2.32. The number of aliphatic hydroxyl groups is 1. The molecule has 0 spiro atoms. The Morgan fingerprint density at radius 3 is 2.45 bits per heavy atom. The first kappa shape index (κ1) is 17.7. The van der Waals surface area contributed by atoms with Gasteiger partial charge in [0.1, 0.15) is 5.82 Å². The van der Waals surface area contributed by atoms with Gasteiger partial charge in [0.05, 0.1) is 11.1 Å². The van der Waals surface area contributed by atoms with Crippen LogP contribution in [0.25, 0.3) is 0 Å². The number of benzene rings is 1. The molecule has 0 heterocycles. The predicted octanol–water partition coefficient (Wildman–Crippen LogP) is 4.58. The van der Waals surface area contributed by atoms with Crippen LogP contribution in [-0.4, -0.2) is 17.8 Å². The van der Waals surface area contributed by atoms with Crippen molar-refractivity contribution in [2.75, 3.05) is 6.54 Å². The fraction of sp³-hybridized carbons (Fsp3) is 0.600. The van der Waals surface area contributed by atoms with Crippen molar-refractivity contribution < 1.29 is 9.50 Å². The highest BCUT2D eigenvalue weighted by molar-refractivity contribution is 6.36. The molecule has 0 radical (unpaired) electrons. The molecule has 0 bridgehead atoms. The molecule has 2 atom stereocenters. The minimum Gasteiger partial charge on any atom is -0.392 e. The predicted molar refractivity (Wildman–Crippen MR) is 82.9 cm³/mol. The second-order valence-corrected chi connectivity index (χ2v) is 7.09. The molecule has 0 aliphatic heterocycles. The largest absolute Gasteiger partial charge is 0.392 e. The molecule has 0 aliphatic rings. The third-order valence-corrected chi connectivity index (χ3v) is 3.73. The minimum atomic E-state index is -0.491. The summed E-state index contributed by atoms with van der Waals surface area (Å²) in [6.07, 6.45) is 0.209. The first-order chi connectivity index (χ1) is 9.11. The van der Waals surface area contributed by atoms with Crippen molar-refractivity contribution in [3.05, 3.63) is 33.6 Å². The van der Waals surface area contributed by atoms with E-state index >= 15 is 0 Å². The number of nitrogens with one attached hydrogen (secondary N) is 1. The Morgan fingerprint density at radius 2 is 1.90 bits per heavy atom. The molecule has 0 amide bonds. The molecule has 2 N–H and O–H groups in total. The van der Waals surface area contributed by atoms with Crippen molar-refractivity contribution in [2.45, 2.75) is 46.3 Å². The van der Waals surface area contributed by atoms with E-state index in [0.717, 1.165) is 0 Å². The Kier molecular flexibility index (Phi) is 6.26. The van der Waals surface area contributed by atoms with Gasteiger partial charge in [-0.2, -0.15) is 0 Å². The lowest BCUT2D eigenvalue weighted by molar-refractivity contribution is 0.117. The Hall–Kier alpha value is -0.350. The summed E-state index contributed by atoms with van der Waals surface area (Å²) >= 11 is 12.0. The first-order valence-electron chi connectivity index (χ1n) is 6.66. The van der Waals surface area contributed by atoms with E-state index in [4.69, 9.17) is 23.2 Å². The zero-order valence-electron chi connectivity index (χ0n) is 12.3. The lowest BCUT2D eigenvalue weighted by Gasteiger charge is -2.24. The highest BCUT2D eigenvalue weighted by atomic mass is 35.5. The highest BCUT2D eigenvalue weighted by Crippen LogP contribution is 2.32. The first-order valence-corrected chi connectivity index (χ1v) is 7.42. The molecule has 1 aromatic rings. The van der Waals surface area contributed by atoms with E-state index in [-0.39, 0.29) is 16.5 Å². The Balaban J connectivity index is 2.68. The molecule has 2 nitrogen and oxygen atoms in total. The maximum atomic E-state index is 13.5. The van der Waals surface area contributed by atoms with Gasteiger partial charge < -0.3 is 10.4 Å². The minimum absolute atomic E-state index is 0.0304. The maximum absolute atomic E-state index is 13.5. The highest BCUT2D eigenvalue weighted by Gasteiger charge is 2.20. The summed E-state index contributed by atoms with van der Waals surface area (Å²) < 4.78 is 13.5. The lowest BCUT2D eigenvalue weighted by atomic mass is 9.89. The molecule has 0 aliphatic carbocycles. The molecular weight excluding hydrogens is 300 g/mol. The van der Waals surface area contributed by atoms with Crippen molar-refractivity contribution in [2.24, 2.45) is 5.41 Å². The number of hydrogen-bond acceptors (Lipinski definition) is 2. The summed E-state index contributed by atoms with van der Waals surface area (Å²) in [6.45, 7) is 8.46. The molecule has 0 saturated carbocycles. The second kappa shape index (κ2) is 7.08. The third kappa shape index (κ3) is 5.21. The molecule has 1 rings (SSSR count). The van der Waals surface area contributed by atoms with Gasteiger partial charge in [0, 0.05) is 23.2 Å². The van der Waals surface area contributed by atoms with E-state index in [2.05, 4.69) is 26.1 Å². The fourth-order valence-electron chi connectivity index (χ4n) is 2.13. The summed E-state index contributed by atoms with van der Waals surface area (Å²) in [5.41, 5.74) is 0.578. The van der Waals surface area contributed by atoms with Gasteiger partial charge >= 0.3 is 0 Å². The van der Waals surface area contributed by atoms with Crippen molar-refractivity contribution >= 4 is 23.2 Å². The number of rotatable bonds is 5. The van der Waals surface area contributed by atoms with Gasteiger partial charge in [0.15, 0.2) is 0 Å². The number of halogens is 3. The van der Waals surface area contributed by atoms with Crippen LogP contribution in [0.4, 0.5) is 4.39 Å². The molecule has 1 aromatic carbocycles. The topological polar surface area (TPSA) is 32.3 Å². The van der Waals surface area contributed by atoms with E-state index in [9.17, 15) is 9.50 Å². The fourth-order valence-corrected chi connectivity index (χ4v) is 2.83. The summed E-state index contributed by atoms with van der Waals surface area (Å²) in [5, 5.41) is 13.6. The Morgan fingerprint density at radius 1 is 1.30 bits per heavy atom. The third-order valence-electron chi connectivity index (χ3n) is 3.02. The summed E-state index contributed by atoms with van der Waals surface area (Å²) in [4.78, 5) is 0. The zero-order valence-corrected chi connectivity index (χ0v) is 13.8. The number of aliphatic hydroxyl groups excluding tert-OH is 1. The van der Waals surface area contributed by atoms with Crippen LogP contribution in [0.2, 0.25) is 10.0 Å². The van der Waals surface area contributed by atoms with Crippen LogP contribution in [0.3, 0.4) is 0 Å². The molecule has 5 heteroatoms. The van der Waals surface area contributed by atoms with E-state index in [1.165, 1.54) is 12.1 Å². The maximum Gasteiger partial charge on any atom is 0.142 e. The van der Waals surface area contributed by atoms with Gasteiger partial charge in [-0.05, 0) is 30.9 Å². The zero-order chi connectivity index (χ0) is 15.5.